The Kier molecular flexibility index (Phi) is 4.21. The van der Waals surface area contributed by atoms with Crippen LogP contribution in [-0.2, 0) is 6.54 Å². The normalized spacial score (nSPS) is 10.4. The number of aromatic nitrogens is 2. The van der Waals surface area contributed by atoms with Crippen LogP contribution in [0, 0.1) is 0 Å². The first-order chi connectivity index (χ1) is 10.7. The van der Waals surface area contributed by atoms with Crippen LogP contribution in [0.1, 0.15) is 15.9 Å². The predicted octanol–water partition coefficient (Wildman–Crippen LogP) is 3.84. The van der Waals surface area contributed by atoms with Gasteiger partial charge < -0.3 is 5.32 Å². The number of rotatable bonds is 4. The topological polar surface area (TPSA) is 46.9 Å². The smallest absolute Gasteiger partial charge is 0.256 e. The quantitative estimate of drug-likeness (QED) is 0.796. The molecule has 1 aromatic heterocycles. The van der Waals surface area contributed by atoms with Crippen LogP contribution in [-0.4, -0.2) is 15.7 Å². The Labute approximate surface area is 133 Å². The number of amides is 1. The standard InChI is InChI=1S/C17H14ClN3O/c18-15-8-4-7-14(11-15)17(22)20-16-9-10-19-21(16)12-13-5-2-1-3-6-13/h1-11H,12H2,(H,20,22). The average Bonchev–Trinajstić information content (AvgIpc) is 2.95. The van der Waals surface area contributed by atoms with Crippen LogP contribution in [0.4, 0.5) is 5.82 Å². The van der Waals surface area contributed by atoms with Crippen LogP contribution < -0.4 is 5.32 Å². The van der Waals surface area contributed by atoms with E-state index in [2.05, 4.69) is 10.4 Å². The third kappa shape index (κ3) is 3.35. The van der Waals surface area contributed by atoms with Crippen molar-refractivity contribution in [1.82, 2.24) is 9.78 Å². The first kappa shape index (κ1) is 14.4. The van der Waals surface area contributed by atoms with E-state index < -0.39 is 0 Å². The van der Waals surface area contributed by atoms with Crippen molar-refractivity contribution in [2.24, 2.45) is 0 Å². The minimum atomic E-state index is -0.211. The van der Waals surface area contributed by atoms with Crippen molar-refractivity contribution in [3.8, 4) is 0 Å². The summed E-state index contributed by atoms with van der Waals surface area (Å²) < 4.78 is 1.75. The highest BCUT2D eigenvalue weighted by Crippen LogP contribution is 2.14. The Morgan fingerprint density at radius 3 is 2.68 bits per heavy atom. The van der Waals surface area contributed by atoms with Crippen LogP contribution in [0.25, 0.3) is 0 Å². The maximum Gasteiger partial charge on any atom is 0.256 e. The number of carbonyl (C=O) groups is 1. The molecule has 5 heteroatoms. The molecule has 0 spiro atoms. The molecule has 0 aliphatic heterocycles. The molecule has 3 aromatic rings. The fourth-order valence-electron chi connectivity index (χ4n) is 2.14. The van der Waals surface area contributed by atoms with E-state index in [1.807, 2.05) is 30.3 Å². The summed E-state index contributed by atoms with van der Waals surface area (Å²) in [6, 6.07) is 18.6. The van der Waals surface area contributed by atoms with Gasteiger partial charge in [0.25, 0.3) is 5.91 Å². The highest BCUT2D eigenvalue weighted by molar-refractivity contribution is 6.31. The van der Waals surface area contributed by atoms with E-state index in [4.69, 9.17) is 11.6 Å². The molecular formula is C17H14ClN3O. The zero-order valence-electron chi connectivity index (χ0n) is 11.7. The number of hydrogen-bond donors (Lipinski definition) is 1. The van der Waals surface area contributed by atoms with E-state index in [0.29, 0.717) is 22.9 Å². The number of anilines is 1. The Balaban J connectivity index is 1.76. The molecule has 0 fully saturated rings. The molecule has 0 aliphatic carbocycles. The molecule has 110 valence electrons. The second-order valence-electron chi connectivity index (χ2n) is 4.82. The van der Waals surface area contributed by atoms with Gasteiger partial charge in [-0.3, -0.25) is 4.79 Å². The number of carbonyl (C=O) groups excluding carboxylic acids is 1. The molecule has 0 aliphatic rings. The monoisotopic (exact) mass is 311 g/mol. The lowest BCUT2D eigenvalue weighted by atomic mass is 10.2. The third-order valence-electron chi connectivity index (χ3n) is 3.22. The fraction of sp³-hybridized carbons (Fsp3) is 0.0588. The number of halogens is 1. The number of hydrogen-bond acceptors (Lipinski definition) is 2. The lowest BCUT2D eigenvalue weighted by molar-refractivity contribution is 0.102. The van der Waals surface area contributed by atoms with E-state index in [-0.39, 0.29) is 5.91 Å². The summed E-state index contributed by atoms with van der Waals surface area (Å²) in [6.45, 7) is 0.596. The van der Waals surface area contributed by atoms with Gasteiger partial charge in [-0.25, -0.2) is 4.68 Å². The summed E-state index contributed by atoms with van der Waals surface area (Å²) in [7, 11) is 0. The predicted molar refractivity (Wildman–Crippen MR) is 87.2 cm³/mol. The number of nitrogens with one attached hydrogen (secondary N) is 1. The maximum absolute atomic E-state index is 12.3. The fourth-order valence-corrected chi connectivity index (χ4v) is 2.33. The third-order valence-corrected chi connectivity index (χ3v) is 3.46. The zero-order chi connectivity index (χ0) is 15.4. The van der Waals surface area contributed by atoms with Gasteiger partial charge >= 0.3 is 0 Å². The van der Waals surface area contributed by atoms with E-state index in [1.54, 1.807) is 41.2 Å². The van der Waals surface area contributed by atoms with E-state index in [1.165, 1.54) is 0 Å². The van der Waals surface area contributed by atoms with Crippen LogP contribution in [0.5, 0.6) is 0 Å². The minimum Gasteiger partial charge on any atom is -0.307 e. The Hall–Kier alpha value is -2.59. The number of benzene rings is 2. The molecule has 0 saturated heterocycles. The van der Waals surface area contributed by atoms with Crippen molar-refractivity contribution in [2.75, 3.05) is 5.32 Å². The van der Waals surface area contributed by atoms with Gasteiger partial charge in [-0.2, -0.15) is 5.10 Å². The van der Waals surface area contributed by atoms with Crippen molar-refractivity contribution in [1.29, 1.82) is 0 Å². The molecule has 0 radical (unpaired) electrons. The van der Waals surface area contributed by atoms with Crippen molar-refractivity contribution in [3.05, 3.63) is 83.0 Å². The van der Waals surface area contributed by atoms with Gasteiger partial charge in [0.1, 0.15) is 5.82 Å². The molecule has 1 N–H and O–H groups in total. The van der Waals surface area contributed by atoms with Gasteiger partial charge in [0.05, 0.1) is 12.7 Å². The highest BCUT2D eigenvalue weighted by Gasteiger charge is 2.10. The van der Waals surface area contributed by atoms with Crippen molar-refractivity contribution < 1.29 is 4.79 Å². The number of nitrogens with zero attached hydrogens (tertiary/aromatic N) is 2. The van der Waals surface area contributed by atoms with E-state index in [0.717, 1.165) is 5.56 Å². The molecule has 0 atom stereocenters. The second kappa shape index (κ2) is 6.45. The molecule has 3 rings (SSSR count). The summed E-state index contributed by atoms with van der Waals surface area (Å²) in [6.07, 6.45) is 1.66. The Morgan fingerprint density at radius 1 is 1.09 bits per heavy atom. The van der Waals surface area contributed by atoms with E-state index >= 15 is 0 Å². The molecule has 4 nitrogen and oxygen atoms in total. The summed E-state index contributed by atoms with van der Waals surface area (Å²) in [5.41, 5.74) is 1.63. The van der Waals surface area contributed by atoms with Gasteiger partial charge in [0.2, 0.25) is 0 Å². The maximum atomic E-state index is 12.3. The molecule has 22 heavy (non-hydrogen) atoms. The highest BCUT2D eigenvalue weighted by atomic mass is 35.5. The molecule has 1 amide bonds. The molecule has 1 heterocycles. The SMILES string of the molecule is O=C(Nc1ccnn1Cc1ccccc1)c1cccc(Cl)c1. The largest absolute Gasteiger partial charge is 0.307 e. The Bertz CT molecular complexity index is 783. The van der Waals surface area contributed by atoms with Gasteiger partial charge in [-0.15, -0.1) is 0 Å². The lowest BCUT2D eigenvalue weighted by Gasteiger charge is -2.09. The van der Waals surface area contributed by atoms with Crippen LogP contribution >= 0.6 is 11.6 Å². The molecule has 2 aromatic carbocycles. The van der Waals surface area contributed by atoms with Crippen molar-refractivity contribution in [2.45, 2.75) is 6.54 Å². The van der Waals surface area contributed by atoms with Crippen LogP contribution in [0.3, 0.4) is 0 Å². The summed E-state index contributed by atoms with van der Waals surface area (Å²) in [5, 5.41) is 7.64. The van der Waals surface area contributed by atoms with Gasteiger partial charge in [0.15, 0.2) is 0 Å². The molecule has 0 bridgehead atoms. The Morgan fingerprint density at radius 2 is 1.91 bits per heavy atom. The van der Waals surface area contributed by atoms with Gasteiger partial charge in [-0.1, -0.05) is 48.0 Å². The molecule has 0 unspecified atom stereocenters. The summed E-state index contributed by atoms with van der Waals surface area (Å²) >= 11 is 5.91. The minimum absolute atomic E-state index is 0.211. The summed E-state index contributed by atoms with van der Waals surface area (Å²) in [5.74, 6) is 0.436. The zero-order valence-corrected chi connectivity index (χ0v) is 12.5. The van der Waals surface area contributed by atoms with E-state index in [9.17, 15) is 4.79 Å². The lowest BCUT2D eigenvalue weighted by Crippen LogP contribution is -2.16. The van der Waals surface area contributed by atoms with Crippen molar-refractivity contribution >= 4 is 23.3 Å². The first-order valence-electron chi connectivity index (χ1n) is 6.85. The van der Waals surface area contributed by atoms with Crippen LogP contribution in [0.15, 0.2) is 66.9 Å². The molecular weight excluding hydrogens is 298 g/mol. The van der Waals surface area contributed by atoms with Crippen LogP contribution in [0.2, 0.25) is 5.02 Å². The van der Waals surface area contributed by atoms with Gasteiger partial charge in [0, 0.05) is 16.7 Å². The van der Waals surface area contributed by atoms with Crippen molar-refractivity contribution in [3.63, 3.8) is 0 Å². The second-order valence-corrected chi connectivity index (χ2v) is 5.26. The average molecular weight is 312 g/mol. The molecule has 0 saturated carbocycles. The van der Waals surface area contributed by atoms with Gasteiger partial charge in [-0.05, 0) is 23.8 Å². The first-order valence-corrected chi connectivity index (χ1v) is 7.23. The summed E-state index contributed by atoms with van der Waals surface area (Å²) in [4.78, 5) is 12.3.